The van der Waals surface area contributed by atoms with E-state index < -0.39 is 11.6 Å². The predicted molar refractivity (Wildman–Crippen MR) is 61.4 cm³/mol. The zero-order valence-electron chi connectivity index (χ0n) is 8.81. The third kappa shape index (κ3) is 1.97. The molecule has 1 aromatic heterocycles. The van der Waals surface area contributed by atoms with Crippen LogP contribution in [-0.4, -0.2) is 15.8 Å². The zero-order chi connectivity index (χ0) is 12.6. The quantitative estimate of drug-likeness (QED) is 0.888. The predicted octanol–water partition coefficient (Wildman–Crippen LogP) is 2.00. The van der Waals surface area contributed by atoms with Gasteiger partial charge in [-0.1, -0.05) is 23.7 Å². The van der Waals surface area contributed by atoms with Gasteiger partial charge in [0, 0.05) is 17.6 Å². The van der Waals surface area contributed by atoms with Crippen molar-refractivity contribution in [3.63, 3.8) is 0 Å². The number of carboxylic acids is 1. The van der Waals surface area contributed by atoms with E-state index in [1.807, 2.05) is 0 Å². The molecule has 0 spiro atoms. The maximum Gasteiger partial charge on any atom is 0.372 e. The lowest BCUT2D eigenvalue weighted by atomic mass is 10.1. The normalized spacial score (nSPS) is 10.5. The second kappa shape index (κ2) is 4.10. The van der Waals surface area contributed by atoms with Crippen LogP contribution in [0, 0.1) is 0 Å². The van der Waals surface area contributed by atoms with E-state index in [-0.39, 0.29) is 11.3 Å². The Morgan fingerprint density at radius 2 is 1.94 bits per heavy atom. The van der Waals surface area contributed by atoms with E-state index in [9.17, 15) is 9.59 Å². The Morgan fingerprint density at radius 3 is 2.47 bits per heavy atom. The number of hydrogen-bond donors (Lipinski definition) is 1. The molecule has 0 radical (unpaired) electrons. The monoisotopic (exact) mass is 253 g/mol. The Labute approximate surface area is 101 Å². The molecule has 0 saturated heterocycles. The summed E-state index contributed by atoms with van der Waals surface area (Å²) in [5, 5.41) is 9.50. The molecule has 17 heavy (non-hydrogen) atoms. The molecule has 88 valence electrons. The SMILES string of the molecule is Cn1oc(=O)c(C(=O)O)c1-c1ccc(Cl)cc1. The molecule has 2 aromatic rings. The van der Waals surface area contributed by atoms with Crippen LogP contribution in [0.1, 0.15) is 10.4 Å². The van der Waals surface area contributed by atoms with Gasteiger partial charge in [0.2, 0.25) is 0 Å². The number of carboxylic acid groups (broad SMARTS) is 1. The van der Waals surface area contributed by atoms with Gasteiger partial charge in [-0.15, -0.1) is 0 Å². The maximum atomic E-state index is 11.3. The minimum Gasteiger partial charge on any atom is -0.477 e. The molecule has 0 saturated carbocycles. The second-order valence-corrected chi connectivity index (χ2v) is 3.85. The van der Waals surface area contributed by atoms with Crippen LogP contribution in [0.15, 0.2) is 33.6 Å². The summed E-state index contributed by atoms with van der Waals surface area (Å²) in [7, 11) is 1.47. The van der Waals surface area contributed by atoms with Crippen LogP contribution < -0.4 is 5.63 Å². The van der Waals surface area contributed by atoms with Crippen LogP contribution in [0.4, 0.5) is 0 Å². The molecule has 0 aliphatic rings. The molecule has 2 rings (SSSR count). The number of nitrogens with zero attached hydrogens (tertiary/aromatic N) is 1. The van der Waals surface area contributed by atoms with Crippen LogP contribution in [0.25, 0.3) is 11.3 Å². The molecule has 0 atom stereocenters. The molecule has 0 aliphatic carbocycles. The molecule has 1 aromatic carbocycles. The standard InChI is InChI=1S/C11H8ClNO4/c1-13-9(6-2-4-7(12)5-3-6)8(10(14)15)11(16)17-13/h2-5H,1H3,(H,14,15). The van der Waals surface area contributed by atoms with Crippen LogP contribution in [0.5, 0.6) is 0 Å². The number of aromatic carboxylic acids is 1. The first-order chi connectivity index (χ1) is 8.00. The van der Waals surface area contributed by atoms with Crippen LogP contribution >= 0.6 is 11.6 Å². The largest absolute Gasteiger partial charge is 0.477 e. The molecular weight excluding hydrogens is 246 g/mol. The highest BCUT2D eigenvalue weighted by Crippen LogP contribution is 2.23. The first-order valence-corrected chi connectivity index (χ1v) is 5.08. The number of aromatic nitrogens is 1. The third-order valence-corrected chi connectivity index (χ3v) is 2.56. The van der Waals surface area contributed by atoms with Crippen molar-refractivity contribution in [1.82, 2.24) is 4.74 Å². The van der Waals surface area contributed by atoms with E-state index in [1.54, 1.807) is 24.3 Å². The molecule has 5 nitrogen and oxygen atoms in total. The second-order valence-electron chi connectivity index (χ2n) is 3.41. The number of aryl methyl sites for hydroxylation is 1. The molecular formula is C11H8ClNO4. The number of benzene rings is 1. The van der Waals surface area contributed by atoms with Crippen molar-refractivity contribution >= 4 is 17.6 Å². The maximum absolute atomic E-state index is 11.3. The van der Waals surface area contributed by atoms with Gasteiger partial charge in [-0.05, 0) is 12.1 Å². The van der Waals surface area contributed by atoms with Gasteiger partial charge >= 0.3 is 11.6 Å². The highest BCUT2D eigenvalue weighted by atomic mass is 35.5. The highest BCUT2D eigenvalue weighted by molar-refractivity contribution is 6.30. The van der Waals surface area contributed by atoms with E-state index in [4.69, 9.17) is 21.2 Å². The van der Waals surface area contributed by atoms with Crippen LogP contribution in [0.3, 0.4) is 0 Å². The van der Waals surface area contributed by atoms with Crippen molar-refractivity contribution in [2.24, 2.45) is 7.05 Å². The summed E-state index contributed by atoms with van der Waals surface area (Å²) in [5.74, 6) is -1.32. The van der Waals surface area contributed by atoms with Gasteiger partial charge in [0.1, 0.15) is 5.69 Å². The molecule has 1 N–H and O–H groups in total. The molecule has 0 amide bonds. The van der Waals surface area contributed by atoms with E-state index in [0.29, 0.717) is 10.6 Å². The molecule has 0 fully saturated rings. The Kier molecular flexibility index (Phi) is 2.77. The van der Waals surface area contributed by atoms with E-state index in [0.717, 1.165) is 4.74 Å². The highest BCUT2D eigenvalue weighted by Gasteiger charge is 2.22. The van der Waals surface area contributed by atoms with E-state index in [1.165, 1.54) is 7.05 Å². The Hall–Kier alpha value is -2.01. The van der Waals surface area contributed by atoms with Crippen molar-refractivity contribution in [3.05, 3.63) is 45.3 Å². The van der Waals surface area contributed by atoms with Crippen molar-refractivity contribution in [2.45, 2.75) is 0 Å². The van der Waals surface area contributed by atoms with E-state index in [2.05, 4.69) is 0 Å². The molecule has 0 aliphatic heterocycles. The lowest BCUT2D eigenvalue weighted by Gasteiger charge is -2.02. The molecule has 6 heteroatoms. The summed E-state index contributed by atoms with van der Waals surface area (Å²) in [6, 6.07) is 6.47. The number of carbonyl (C=O) groups is 1. The smallest absolute Gasteiger partial charge is 0.372 e. The summed E-state index contributed by atoms with van der Waals surface area (Å²) in [5.41, 5.74) is -0.473. The van der Waals surface area contributed by atoms with Gasteiger partial charge in [0.05, 0.1) is 0 Å². The molecule has 0 bridgehead atoms. The number of hydrogen-bond acceptors (Lipinski definition) is 3. The molecule has 1 heterocycles. The number of rotatable bonds is 2. The summed E-state index contributed by atoms with van der Waals surface area (Å²) in [4.78, 5) is 22.3. The van der Waals surface area contributed by atoms with Crippen molar-refractivity contribution in [1.29, 1.82) is 0 Å². The average molecular weight is 254 g/mol. The zero-order valence-corrected chi connectivity index (χ0v) is 9.56. The first-order valence-electron chi connectivity index (χ1n) is 4.70. The van der Waals surface area contributed by atoms with Gasteiger partial charge in [-0.3, -0.25) is 0 Å². The van der Waals surface area contributed by atoms with Crippen molar-refractivity contribution in [3.8, 4) is 11.3 Å². The third-order valence-electron chi connectivity index (χ3n) is 2.31. The summed E-state index contributed by atoms with van der Waals surface area (Å²) < 4.78 is 5.87. The van der Waals surface area contributed by atoms with Gasteiger partial charge in [0.15, 0.2) is 5.56 Å². The Balaban J connectivity index is 2.70. The molecule has 0 unspecified atom stereocenters. The minimum absolute atomic E-state index is 0.221. The topological polar surface area (TPSA) is 72.4 Å². The minimum atomic E-state index is -1.32. The fourth-order valence-corrected chi connectivity index (χ4v) is 1.72. The van der Waals surface area contributed by atoms with Crippen molar-refractivity contribution in [2.75, 3.05) is 0 Å². The number of halogens is 1. The van der Waals surface area contributed by atoms with Crippen LogP contribution in [-0.2, 0) is 7.05 Å². The summed E-state index contributed by atoms with van der Waals surface area (Å²) in [6.45, 7) is 0. The lowest BCUT2D eigenvalue weighted by Crippen LogP contribution is -2.09. The summed E-state index contributed by atoms with van der Waals surface area (Å²) in [6.07, 6.45) is 0. The van der Waals surface area contributed by atoms with Gasteiger partial charge in [-0.25, -0.2) is 14.3 Å². The first kappa shape index (κ1) is 11.5. The summed E-state index contributed by atoms with van der Waals surface area (Å²) >= 11 is 5.74. The van der Waals surface area contributed by atoms with Crippen molar-refractivity contribution < 1.29 is 14.4 Å². The lowest BCUT2D eigenvalue weighted by molar-refractivity contribution is 0.0695. The van der Waals surface area contributed by atoms with Gasteiger partial charge in [0.25, 0.3) is 0 Å². The van der Waals surface area contributed by atoms with Crippen LogP contribution in [0.2, 0.25) is 5.02 Å². The average Bonchev–Trinajstić information content (AvgIpc) is 2.55. The fourth-order valence-electron chi connectivity index (χ4n) is 1.59. The van der Waals surface area contributed by atoms with Gasteiger partial charge in [-0.2, -0.15) is 0 Å². The Bertz CT molecular complexity index is 624. The Morgan fingerprint density at radius 1 is 1.35 bits per heavy atom. The van der Waals surface area contributed by atoms with Gasteiger partial charge < -0.3 is 9.63 Å². The van der Waals surface area contributed by atoms with E-state index >= 15 is 0 Å². The fraction of sp³-hybridized carbons (Fsp3) is 0.0909.